The fourth-order valence-corrected chi connectivity index (χ4v) is 1.34. The first-order valence-electron chi connectivity index (χ1n) is 5.96. The summed E-state index contributed by atoms with van der Waals surface area (Å²) in [6.45, 7) is 7.78. The molecule has 0 aliphatic carbocycles. The van der Waals surface area contributed by atoms with Gasteiger partial charge < -0.3 is 10.4 Å². The molecule has 3 nitrogen and oxygen atoms in total. The van der Waals surface area contributed by atoms with Gasteiger partial charge in [0.25, 0.3) is 5.91 Å². The van der Waals surface area contributed by atoms with E-state index in [1.807, 2.05) is 0 Å². The molecule has 0 aliphatic rings. The number of hydrogen-bond acceptors (Lipinski definition) is 2. The standard InChI is InChI=1S/C14H19F2NO2/c1-8-6-9(11(16)7-10(8)15)12(18)17-13(2,3)14(4,5)19/h6-7,19H,1-5H3,(H,17,18). The molecule has 1 aromatic carbocycles. The van der Waals surface area contributed by atoms with Crippen LogP contribution in [0.25, 0.3) is 0 Å². The Morgan fingerprint density at radius 3 is 2.16 bits per heavy atom. The molecular formula is C14H19F2NO2. The maximum Gasteiger partial charge on any atom is 0.254 e. The van der Waals surface area contributed by atoms with Gasteiger partial charge in [0.15, 0.2) is 0 Å². The Morgan fingerprint density at radius 2 is 1.68 bits per heavy atom. The predicted octanol–water partition coefficient (Wildman–Crippen LogP) is 2.55. The number of nitrogens with one attached hydrogen (secondary N) is 1. The van der Waals surface area contributed by atoms with Crippen LogP contribution in [-0.2, 0) is 0 Å². The molecule has 5 heteroatoms. The number of rotatable bonds is 3. The largest absolute Gasteiger partial charge is 0.388 e. The summed E-state index contributed by atoms with van der Waals surface area (Å²) >= 11 is 0. The van der Waals surface area contributed by atoms with Crippen molar-refractivity contribution in [2.45, 2.75) is 45.8 Å². The number of hydrogen-bond donors (Lipinski definition) is 2. The highest BCUT2D eigenvalue weighted by atomic mass is 19.1. The average molecular weight is 271 g/mol. The molecule has 0 spiro atoms. The molecule has 0 aliphatic heterocycles. The van der Waals surface area contributed by atoms with Gasteiger partial charge in [0.05, 0.1) is 16.7 Å². The molecule has 0 bridgehead atoms. The van der Waals surface area contributed by atoms with Gasteiger partial charge in [-0.25, -0.2) is 8.78 Å². The molecule has 1 rings (SSSR count). The molecule has 0 unspecified atom stereocenters. The van der Waals surface area contributed by atoms with Crippen LogP contribution in [0, 0.1) is 18.6 Å². The van der Waals surface area contributed by atoms with Gasteiger partial charge in [0, 0.05) is 6.07 Å². The van der Waals surface area contributed by atoms with Gasteiger partial charge in [-0.1, -0.05) is 0 Å². The van der Waals surface area contributed by atoms with Crippen LogP contribution in [-0.4, -0.2) is 22.2 Å². The predicted molar refractivity (Wildman–Crippen MR) is 68.9 cm³/mol. The molecule has 0 saturated heterocycles. The third-order valence-electron chi connectivity index (χ3n) is 3.45. The number of amides is 1. The lowest BCUT2D eigenvalue weighted by Crippen LogP contribution is -2.57. The Bertz CT molecular complexity index is 505. The summed E-state index contributed by atoms with van der Waals surface area (Å²) in [5, 5.41) is 12.5. The van der Waals surface area contributed by atoms with E-state index in [9.17, 15) is 18.7 Å². The molecular weight excluding hydrogens is 252 g/mol. The summed E-state index contributed by atoms with van der Waals surface area (Å²) in [5.41, 5.74) is -2.20. The van der Waals surface area contributed by atoms with Crippen molar-refractivity contribution in [2.24, 2.45) is 0 Å². The van der Waals surface area contributed by atoms with Gasteiger partial charge in [-0.3, -0.25) is 4.79 Å². The van der Waals surface area contributed by atoms with Gasteiger partial charge in [-0.2, -0.15) is 0 Å². The second-order valence-electron chi connectivity index (χ2n) is 5.72. The van der Waals surface area contributed by atoms with Crippen molar-refractivity contribution in [1.29, 1.82) is 0 Å². The van der Waals surface area contributed by atoms with E-state index in [4.69, 9.17) is 0 Å². The summed E-state index contributed by atoms with van der Waals surface area (Å²) in [6, 6.07) is 1.84. The molecule has 2 N–H and O–H groups in total. The molecule has 0 atom stereocenters. The lowest BCUT2D eigenvalue weighted by Gasteiger charge is -2.38. The quantitative estimate of drug-likeness (QED) is 0.887. The van der Waals surface area contributed by atoms with Crippen LogP contribution in [0.15, 0.2) is 12.1 Å². The molecule has 0 saturated carbocycles. The van der Waals surface area contributed by atoms with Crippen molar-refractivity contribution < 1.29 is 18.7 Å². The van der Waals surface area contributed by atoms with Crippen LogP contribution < -0.4 is 5.32 Å². The third-order valence-corrected chi connectivity index (χ3v) is 3.45. The SMILES string of the molecule is Cc1cc(C(=O)NC(C)(C)C(C)(C)O)c(F)cc1F. The van der Waals surface area contributed by atoms with E-state index in [1.165, 1.54) is 6.92 Å². The molecule has 1 amide bonds. The zero-order valence-electron chi connectivity index (χ0n) is 11.8. The second-order valence-corrected chi connectivity index (χ2v) is 5.72. The minimum atomic E-state index is -1.19. The lowest BCUT2D eigenvalue weighted by molar-refractivity contribution is -0.00301. The average Bonchev–Trinajstić information content (AvgIpc) is 2.20. The van der Waals surface area contributed by atoms with Crippen molar-refractivity contribution in [1.82, 2.24) is 5.32 Å². The van der Waals surface area contributed by atoms with Crippen molar-refractivity contribution in [3.63, 3.8) is 0 Å². The van der Waals surface area contributed by atoms with Crippen LogP contribution in [0.1, 0.15) is 43.6 Å². The van der Waals surface area contributed by atoms with Crippen LogP contribution in [0.5, 0.6) is 0 Å². The maximum atomic E-state index is 13.6. The molecule has 0 heterocycles. The van der Waals surface area contributed by atoms with Crippen LogP contribution >= 0.6 is 0 Å². The van der Waals surface area contributed by atoms with Crippen LogP contribution in [0.4, 0.5) is 8.78 Å². The molecule has 0 aromatic heterocycles. The normalized spacial score (nSPS) is 12.4. The van der Waals surface area contributed by atoms with E-state index in [0.29, 0.717) is 6.07 Å². The summed E-state index contributed by atoms with van der Waals surface area (Å²) in [6.07, 6.45) is 0. The number of benzene rings is 1. The van der Waals surface area contributed by atoms with Gasteiger partial charge in [-0.05, 0) is 46.2 Å². The molecule has 106 valence electrons. The summed E-state index contributed by atoms with van der Waals surface area (Å²) in [5.74, 6) is -2.31. The van der Waals surface area contributed by atoms with Crippen LogP contribution in [0.2, 0.25) is 0 Å². The number of carbonyl (C=O) groups excluding carboxylic acids is 1. The Morgan fingerprint density at radius 1 is 1.16 bits per heavy atom. The Kier molecular flexibility index (Phi) is 4.00. The number of carbonyl (C=O) groups is 1. The fourth-order valence-electron chi connectivity index (χ4n) is 1.34. The monoisotopic (exact) mass is 271 g/mol. The van der Waals surface area contributed by atoms with E-state index in [0.717, 1.165) is 6.07 Å². The van der Waals surface area contributed by atoms with E-state index in [2.05, 4.69) is 5.32 Å². The van der Waals surface area contributed by atoms with Crippen molar-refractivity contribution >= 4 is 5.91 Å². The molecule has 0 radical (unpaired) electrons. The van der Waals surface area contributed by atoms with Gasteiger partial charge in [-0.15, -0.1) is 0 Å². The number of aryl methyl sites for hydroxylation is 1. The summed E-state index contributed by atoms with van der Waals surface area (Å²) < 4.78 is 26.7. The lowest BCUT2D eigenvalue weighted by atomic mass is 9.85. The molecule has 0 fully saturated rings. The third kappa shape index (κ3) is 3.29. The van der Waals surface area contributed by atoms with E-state index < -0.39 is 28.7 Å². The van der Waals surface area contributed by atoms with Crippen molar-refractivity contribution in [2.75, 3.05) is 0 Å². The van der Waals surface area contributed by atoms with Gasteiger partial charge in [0.2, 0.25) is 0 Å². The Balaban J connectivity index is 3.06. The number of aliphatic hydroxyl groups is 1. The zero-order chi connectivity index (χ0) is 15.0. The highest BCUT2D eigenvalue weighted by molar-refractivity contribution is 5.95. The molecule has 1 aromatic rings. The van der Waals surface area contributed by atoms with E-state index in [1.54, 1.807) is 27.7 Å². The van der Waals surface area contributed by atoms with E-state index in [-0.39, 0.29) is 11.1 Å². The minimum Gasteiger partial charge on any atom is -0.388 e. The van der Waals surface area contributed by atoms with Gasteiger partial charge in [0.1, 0.15) is 11.6 Å². The number of halogens is 2. The van der Waals surface area contributed by atoms with Crippen molar-refractivity contribution in [3.05, 3.63) is 34.9 Å². The first kappa shape index (κ1) is 15.6. The van der Waals surface area contributed by atoms with Gasteiger partial charge >= 0.3 is 0 Å². The first-order valence-corrected chi connectivity index (χ1v) is 5.96. The molecule has 19 heavy (non-hydrogen) atoms. The second kappa shape index (κ2) is 4.89. The topological polar surface area (TPSA) is 49.3 Å². The Labute approximate surface area is 111 Å². The zero-order valence-corrected chi connectivity index (χ0v) is 11.8. The van der Waals surface area contributed by atoms with Crippen LogP contribution in [0.3, 0.4) is 0 Å². The van der Waals surface area contributed by atoms with Crippen molar-refractivity contribution in [3.8, 4) is 0 Å². The minimum absolute atomic E-state index is 0.188. The first-order chi connectivity index (χ1) is 8.45. The maximum absolute atomic E-state index is 13.6. The smallest absolute Gasteiger partial charge is 0.254 e. The van der Waals surface area contributed by atoms with E-state index >= 15 is 0 Å². The fraction of sp³-hybridized carbons (Fsp3) is 0.500. The highest BCUT2D eigenvalue weighted by Crippen LogP contribution is 2.22. The summed E-state index contributed by atoms with van der Waals surface area (Å²) in [4.78, 5) is 12.0. The highest BCUT2D eigenvalue weighted by Gasteiger charge is 2.37. The summed E-state index contributed by atoms with van der Waals surface area (Å²) in [7, 11) is 0. The Hall–Kier alpha value is -1.49.